The molecule has 0 aliphatic rings. The van der Waals surface area contributed by atoms with Gasteiger partial charge in [-0.3, -0.25) is 0 Å². The van der Waals surface area contributed by atoms with Crippen molar-refractivity contribution < 1.29 is 14.6 Å². The van der Waals surface area contributed by atoms with Gasteiger partial charge in [-0.15, -0.1) is 0 Å². The summed E-state index contributed by atoms with van der Waals surface area (Å²) in [5.74, 6) is 0.497. The zero-order valence-corrected chi connectivity index (χ0v) is 13.3. The van der Waals surface area contributed by atoms with Crippen molar-refractivity contribution in [3.8, 4) is 5.88 Å². The van der Waals surface area contributed by atoms with E-state index in [9.17, 15) is 5.11 Å². The minimum absolute atomic E-state index is 0.142. The van der Waals surface area contributed by atoms with Crippen LogP contribution in [0.1, 0.15) is 61.1 Å². The Balaban J connectivity index is 3.03. The van der Waals surface area contributed by atoms with E-state index in [1.807, 2.05) is 20.8 Å². The Kier molecular flexibility index (Phi) is 6.96. The van der Waals surface area contributed by atoms with Gasteiger partial charge in [-0.1, -0.05) is 26.2 Å². The maximum absolute atomic E-state index is 10.5. The normalized spacial score (nSPS) is 12.5. The van der Waals surface area contributed by atoms with Gasteiger partial charge in [0.25, 0.3) is 0 Å². The Morgan fingerprint density at radius 2 is 1.85 bits per heavy atom. The van der Waals surface area contributed by atoms with Crippen LogP contribution in [-0.4, -0.2) is 24.0 Å². The number of rotatable bonds is 8. The van der Waals surface area contributed by atoms with Crippen molar-refractivity contribution >= 4 is 0 Å². The lowest BCUT2D eigenvalue weighted by Crippen LogP contribution is -2.11. The summed E-state index contributed by atoms with van der Waals surface area (Å²) in [6.45, 7) is 8.29. The van der Waals surface area contributed by atoms with Crippen molar-refractivity contribution in [3.05, 3.63) is 22.4 Å². The van der Waals surface area contributed by atoms with Gasteiger partial charge in [0.15, 0.2) is 6.79 Å². The van der Waals surface area contributed by atoms with Gasteiger partial charge in [-0.2, -0.15) is 0 Å². The molecular formula is C16H27NO3. The maximum atomic E-state index is 10.5. The Bertz CT molecular complexity index is 432. The number of nitrogens with zero attached hydrogens (tertiary/aromatic N) is 1. The number of pyridine rings is 1. The summed E-state index contributed by atoms with van der Waals surface area (Å²) in [6, 6.07) is 0. The minimum atomic E-state index is -0.528. The molecule has 20 heavy (non-hydrogen) atoms. The fraction of sp³-hybridized carbons (Fsp3) is 0.688. The first-order valence-corrected chi connectivity index (χ1v) is 7.30. The van der Waals surface area contributed by atoms with Gasteiger partial charge in [0.2, 0.25) is 5.88 Å². The third-order valence-electron chi connectivity index (χ3n) is 3.74. The molecule has 1 unspecified atom stereocenters. The predicted molar refractivity (Wildman–Crippen MR) is 80.1 cm³/mol. The molecule has 114 valence electrons. The molecule has 0 aliphatic carbocycles. The quantitative estimate of drug-likeness (QED) is 0.584. The van der Waals surface area contributed by atoms with Crippen LogP contribution >= 0.6 is 0 Å². The number of aryl methyl sites for hydroxylation is 1. The summed E-state index contributed by atoms with van der Waals surface area (Å²) in [5.41, 5.74) is 3.91. The standard InChI is InChI=1S/C16H27NO3/c1-6-7-8-9-14(18)15-12(3)11(2)13(4)17-16(15)20-10-19-5/h14,18H,6-10H2,1-5H3. The third-order valence-corrected chi connectivity index (χ3v) is 3.74. The maximum Gasteiger partial charge on any atom is 0.221 e. The average Bonchev–Trinajstić information content (AvgIpc) is 2.42. The van der Waals surface area contributed by atoms with E-state index < -0.39 is 6.10 Å². The van der Waals surface area contributed by atoms with E-state index in [-0.39, 0.29) is 6.79 Å². The first kappa shape index (κ1) is 16.9. The van der Waals surface area contributed by atoms with E-state index in [1.54, 1.807) is 7.11 Å². The molecule has 0 spiro atoms. The van der Waals surface area contributed by atoms with Crippen LogP contribution in [0.25, 0.3) is 0 Å². The summed E-state index contributed by atoms with van der Waals surface area (Å²) in [7, 11) is 1.57. The predicted octanol–water partition coefficient (Wildman–Crippen LogP) is 3.60. The highest BCUT2D eigenvalue weighted by atomic mass is 16.7. The molecule has 1 N–H and O–H groups in total. The van der Waals surface area contributed by atoms with Gasteiger partial charge in [0, 0.05) is 18.4 Å². The van der Waals surface area contributed by atoms with Gasteiger partial charge < -0.3 is 14.6 Å². The molecule has 0 saturated heterocycles. The highest BCUT2D eigenvalue weighted by molar-refractivity contribution is 5.43. The number of unbranched alkanes of at least 4 members (excludes halogenated alkanes) is 2. The van der Waals surface area contributed by atoms with E-state index in [2.05, 4.69) is 11.9 Å². The van der Waals surface area contributed by atoms with E-state index >= 15 is 0 Å². The number of hydrogen-bond donors (Lipinski definition) is 1. The van der Waals surface area contributed by atoms with Crippen LogP contribution in [0.5, 0.6) is 5.88 Å². The summed E-state index contributed by atoms with van der Waals surface area (Å²) >= 11 is 0. The van der Waals surface area contributed by atoms with Crippen LogP contribution in [0.3, 0.4) is 0 Å². The summed E-state index contributed by atoms with van der Waals surface area (Å²) < 4.78 is 10.5. The Morgan fingerprint density at radius 3 is 2.45 bits per heavy atom. The zero-order valence-electron chi connectivity index (χ0n) is 13.3. The van der Waals surface area contributed by atoms with Gasteiger partial charge in [0.1, 0.15) is 0 Å². The average molecular weight is 281 g/mol. The highest BCUT2D eigenvalue weighted by Crippen LogP contribution is 2.33. The molecule has 4 nitrogen and oxygen atoms in total. The lowest BCUT2D eigenvalue weighted by molar-refractivity contribution is 0.0438. The molecule has 1 atom stereocenters. The third kappa shape index (κ3) is 4.18. The smallest absolute Gasteiger partial charge is 0.221 e. The number of ether oxygens (including phenoxy) is 2. The van der Waals surface area contributed by atoms with Crippen molar-refractivity contribution in [3.63, 3.8) is 0 Å². The fourth-order valence-electron chi connectivity index (χ4n) is 2.28. The summed E-state index contributed by atoms with van der Waals surface area (Å²) in [4.78, 5) is 4.46. The number of aromatic nitrogens is 1. The van der Waals surface area contributed by atoms with E-state index in [0.29, 0.717) is 5.88 Å². The molecular weight excluding hydrogens is 254 g/mol. The Hall–Kier alpha value is -1.13. The van der Waals surface area contributed by atoms with Crippen LogP contribution in [0.2, 0.25) is 0 Å². The van der Waals surface area contributed by atoms with Crippen molar-refractivity contribution in [2.75, 3.05) is 13.9 Å². The van der Waals surface area contributed by atoms with Crippen molar-refractivity contribution in [2.24, 2.45) is 0 Å². The van der Waals surface area contributed by atoms with Crippen molar-refractivity contribution in [1.29, 1.82) is 0 Å². The molecule has 0 fully saturated rings. The number of hydrogen-bond acceptors (Lipinski definition) is 4. The minimum Gasteiger partial charge on any atom is -0.450 e. The van der Waals surface area contributed by atoms with Gasteiger partial charge in [-0.05, 0) is 38.3 Å². The van der Waals surface area contributed by atoms with Gasteiger partial charge >= 0.3 is 0 Å². The molecule has 1 rings (SSSR count). The SMILES string of the molecule is CCCCCC(O)c1c(OCOC)nc(C)c(C)c1C. The monoisotopic (exact) mass is 281 g/mol. The highest BCUT2D eigenvalue weighted by Gasteiger charge is 2.20. The van der Waals surface area contributed by atoms with Crippen molar-refractivity contribution in [1.82, 2.24) is 4.98 Å². The lowest BCUT2D eigenvalue weighted by Gasteiger charge is -2.20. The van der Waals surface area contributed by atoms with Crippen LogP contribution in [-0.2, 0) is 4.74 Å². The van der Waals surface area contributed by atoms with Gasteiger partial charge in [0.05, 0.1) is 6.10 Å². The molecule has 0 aliphatic heterocycles. The first-order valence-electron chi connectivity index (χ1n) is 7.30. The molecule has 1 aromatic heterocycles. The van der Waals surface area contributed by atoms with Gasteiger partial charge in [-0.25, -0.2) is 4.98 Å². The van der Waals surface area contributed by atoms with Crippen LogP contribution in [0.4, 0.5) is 0 Å². The molecule has 1 aromatic rings. The van der Waals surface area contributed by atoms with E-state index in [4.69, 9.17) is 9.47 Å². The van der Waals surface area contributed by atoms with Crippen molar-refractivity contribution in [2.45, 2.75) is 59.5 Å². The lowest BCUT2D eigenvalue weighted by atomic mass is 9.96. The molecule has 0 amide bonds. The van der Waals surface area contributed by atoms with Crippen LogP contribution in [0.15, 0.2) is 0 Å². The molecule has 0 saturated carbocycles. The van der Waals surface area contributed by atoms with Crippen LogP contribution in [0, 0.1) is 20.8 Å². The largest absolute Gasteiger partial charge is 0.450 e. The molecule has 0 bridgehead atoms. The topological polar surface area (TPSA) is 51.6 Å². The van der Waals surface area contributed by atoms with E-state index in [0.717, 1.165) is 48.1 Å². The second-order valence-electron chi connectivity index (χ2n) is 5.23. The first-order chi connectivity index (χ1) is 9.52. The summed E-state index contributed by atoms with van der Waals surface area (Å²) in [6.07, 6.45) is 3.49. The molecule has 1 heterocycles. The molecule has 0 aromatic carbocycles. The second kappa shape index (κ2) is 8.22. The Morgan fingerprint density at radius 1 is 1.15 bits per heavy atom. The number of methoxy groups -OCH3 is 1. The van der Waals surface area contributed by atoms with Crippen LogP contribution < -0.4 is 4.74 Å². The molecule has 4 heteroatoms. The zero-order chi connectivity index (χ0) is 15.1. The van der Waals surface area contributed by atoms with E-state index in [1.165, 1.54) is 0 Å². The summed E-state index contributed by atoms with van der Waals surface area (Å²) in [5, 5.41) is 10.5. The number of aliphatic hydroxyl groups is 1. The number of aliphatic hydroxyl groups excluding tert-OH is 1. The second-order valence-corrected chi connectivity index (χ2v) is 5.23. The fourth-order valence-corrected chi connectivity index (χ4v) is 2.28. The molecule has 0 radical (unpaired) electrons. The Labute approximate surface area is 122 Å².